The molecule has 5 nitrogen and oxygen atoms in total. The van der Waals surface area contributed by atoms with Gasteiger partial charge in [0.1, 0.15) is 0 Å². The van der Waals surface area contributed by atoms with Crippen LogP contribution in [-0.2, 0) is 19.1 Å². The molecule has 3 heterocycles. The van der Waals surface area contributed by atoms with Gasteiger partial charge in [-0.15, -0.1) is 0 Å². The summed E-state index contributed by atoms with van der Waals surface area (Å²) in [4.78, 5) is 26.2. The van der Waals surface area contributed by atoms with Gasteiger partial charge in [-0.25, -0.2) is 0 Å². The van der Waals surface area contributed by atoms with E-state index in [1.165, 1.54) is 4.90 Å². The number of imide groups is 1. The molecule has 2 amide bonds. The topological polar surface area (TPSA) is 55.8 Å². The van der Waals surface area contributed by atoms with Crippen LogP contribution in [0, 0.1) is 11.8 Å². The summed E-state index contributed by atoms with van der Waals surface area (Å²) in [6, 6.07) is 0. The maximum Gasteiger partial charge on any atom is 0.236 e. The molecule has 2 saturated heterocycles. The first-order chi connectivity index (χ1) is 9.44. The van der Waals surface area contributed by atoms with E-state index < -0.39 is 0 Å². The van der Waals surface area contributed by atoms with Crippen LogP contribution in [-0.4, -0.2) is 47.7 Å². The maximum atomic E-state index is 12.4. The zero-order valence-electron chi connectivity index (χ0n) is 12.2. The van der Waals surface area contributed by atoms with Gasteiger partial charge in [-0.05, 0) is 27.2 Å². The van der Waals surface area contributed by atoms with Crippen molar-refractivity contribution in [3.63, 3.8) is 0 Å². The minimum Gasteiger partial charge on any atom is -0.376 e. The Morgan fingerprint density at radius 2 is 1.75 bits per heavy atom. The Morgan fingerprint density at radius 3 is 2.25 bits per heavy atom. The summed E-state index contributed by atoms with van der Waals surface area (Å²) in [5.74, 6) is -0.756. The van der Waals surface area contributed by atoms with E-state index in [4.69, 9.17) is 9.47 Å². The highest BCUT2D eigenvalue weighted by atomic mass is 16.5. The molecule has 110 valence electrons. The van der Waals surface area contributed by atoms with Crippen molar-refractivity contribution >= 4 is 11.8 Å². The summed E-state index contributed by atoms with van der Waals surface area (Å²) in [6.45, 7) is 6.96. The lowest BCUT2D eigenvalue weighted by Gasteiger charge is -2.27. The number of carbonyl (C=O) groups excluding carboxylic acids is 2. The Labute approximate surface area is 118 Å². The molecule has 0 aliphatic carbocycles. The average molecular weight is 279 g/mol. The third-order valence-corrected chi connectivity index (χ3v) is 4.47. The lowest BCUT2D eigenvalue weighted by molar-refractivity contribution is -0.143. The van der Waals surface area contributed by atoms with E-state index >= 15 is 0 Å². The number of nitrogens with zero attached hydrogens (tertiary/aromatic N) is 1. The summed E-state index contributed by atoms with van der Waals surface area (Å²) in [5.41, 5.74) is -0.319. The lowest BCUT2D eigenvalue weighted by atomic mass is 9.85. The molecule has 0 radical (unpaired) electrons. The monoisotopic (exact) mass is 279 g/mol. The summed E-state index contributed by atoms with van der Waals surface area (Å²) < 4.78 is 11.2. The van der Waals surface area contributed by atoms with E-state index in [0.717, 1.165) is 0 Å². The smallest absolute Gasteiger partial charge is 0.236 e. The van der Waals surface area contributed by atoms with Gasteiger partial charge >= 0.3 is 0 Å². The van der Waals surface area contributed by atoms with Crippen molar-refractivity contribution in [1.29, 1.82) is 0 Å². The highest BCUT2D eigenvalue weighted by molar-refractivity contribution is 6.06. The number of carbonyl (C=O) groups is 2. The van der Waals surface area contributed by atoms with Gasteiger partial charge in [-0.3, -0.25) is 14.5 Å². The molecule has 0 aromatic heterocycles. The van der Waals surface area contributed by atoms with E-state index in [2.05, 4.69) is 0 Å². The predicted molar refractivity (Wildman–Crippen MR) is 71.8 cm³/mol. The van der Waals surface area contributed by atoms with E-state index in [0.29, 0.717) is 19.6 Å². The van der Waals surface area contributed by atoms with Gasteiger partial charge in [0.2, 0.25) is 11.8 Å². The fourth-order valence-corrected chi connectivity index (χ4v) is 3.43. The zero-order valence-corrected chi connectivity index (χ0v) is 12.2. The Morgan fingerprint density at radius 1 is 1.20 bits per heavy atom. The van der Waals surface area contributed by atoms with Gasteiger partial charge in [0, 0.05) is 13.2 Å². The third kappa shape index (κ3) is 2.00. The Balaban J connectivity index is 1.68. The zero-order chi connectivity index (χ0) is 14.5. The SMILES string of the molecule is CCOC(C)(C)CCN1C(=O)C2C3C=CC(O3)C2C1=O. The van der Waals surface area contributed by atoms with Crippen LogP contribution in [0.3, 0.4) is 0 Å². The molecule has 0 spiro atoms. The number of amides is 2. The fraction of sp³-hybridized carbons (Fsp3) is 0.733. The lowest BCUT2D eigenvalue weighted by Crippen LogP contribution is -2.38. The normalized spacial score (nSPS) is 35.2. The van der Waals surface area contributed by atoms with Crippen LogP contribution in [0.1, 0.15) is 27.2 Å². The van der Waals surface area contributed by atoms with E-state index in [9.17, 15) is 9.59 Å². The van der Waals surface area contributed by atoms with Gasteiger partial charge in [-0.2, -0.15) is 0 Å². The van der Waals surface area contributed by atoms with Crippen molar-refractivity contribution < 1.29 is 19.1 Å². The van der Waals surface area contributed by atoms with Crippen LogP contribution in [0.2, 0.25) is 0 Å². The number of likely N-dealkylation sites (tertiary alicyclic amines) is 1. The summed E-state index contributed by atoms with van der Waals surface area (Å²) >= 11 is 0. The minimum atomic E-state index is -0.319. The highest BCUT2D eigenvalue weighted by Gasteiger charge is 2.60. The summed E-state index contributed by atoms with van der Waals surface area (Å²) in [6.07, 6.45) is 4.06. The number of hydrogen-bond acceptors (Lipinski definition) is 4. The maximum absolute atomic E-state index is 12.4. The first-order valence-corrected chi connectivity index (χ1v) is 7.27. The van der Waals surface area contributed by atoms with Gasteiger partial charge in [-0.1, -0.05) is 12.2 Å². The molecule has 3 aliphatic heterocycles. The second-order valence-electron chi connectivity index (χ2n) is 6.27. The number of ether oxygens (including phenoxy) is 2. The van der Waals surface area contributed by atoms with Crippen LogP contribution in [0.4, 0.5) is 0 Å². The Hall–Kier alpha value is -1.20. The predicted octanol–water partition coefficient (Wildman–Crippen LogP) is 1.13. The fourth-order valence-electron chi connectivity index (χ4n) is 3.43. The molecule has 0 saturated carbocycles. The molecule has 0 N–H and O–H groups in total. The van der Waals surface area contributed by atoms with Gasteiger partial charge in [0.25, 0.3) is 0 Å². The first kappa shape index (κ1) is 13.8. The summed E-state index contributed by atoms with van der Waals surface area (Å²) in [5, 5.41) is 0. The molecule has 0 aromatic rings. The Kier molecular flexibility index (Phi) is 3.21. The quantitative estimate of drug-likeness (QED) is 0.559. The molecule has 0 aromatic carbocycles. The van der Waals surface area contributed by atoms with E-state index in [1.807, 2.05) is 32.9 Å². The van der Waals surface area contributed by atoms with Gasteiger partial charge in [0.15, 0.2) is 0 Å². The molecular weight excluding hydrogens is 258 g/mol. The standard InChI is InChI=1S/C15H21NO4/c1-4-19-15(2,3)7-8-16-13(17)11-9-5-6-10(20-9)12(11)14(16)18/h5-6,9-12H,4,7-8H2,1-3H3. The first-order valence-electron chi connectivity index (χ1n) is 7.27. The van der Waals surface area contributed by atoms with Crippen molar-refractivity contribution in [2.45, 2.75) is 45.0 Å². The molecule has 4 unspecified atom stereocenters. The third-order valence-electron chi connectivity index (χ3n) is 4.47. The molecule has 3 aliphatic rings. The number of rotatable bonds is 5. The van der Waals surface area contributed by atoms with Crippen molar-refractivity contribution in [2.24, 2.45) is 11.8 Å². The molecule has 3 rings (SSSR count). The van der Waals surface area contributed by atoms with E-state index in [1.54, 1.807) is 0 Å². The van der Waals surface area contributed by atoms with Crippen LogP contribution >= 0.6 is 0 Å². The molecular formula is C15H21NO4. The Bertz CT molecular complexity index is 440. The second-order valence-corrected chi connectivity index (χ2v) is 6.27. The van der Waals surface area contributed by atoms with Crippen LogP contribution in [0.15, 0.2) is 12.2 Å². The molecule has 20 heavy (non-hydrogen) atoms. The second kappa shape index (κ2) is 4.67. The highest BCUT2D eigenvalue weighted by Crippen LogP contribution is 2.45. The summed E-state index contributed by atoms with van der Waals surface area (Å²) in [7, 11) is 0. The average Bonchev–Trinajstić information content (AvgIpc) is 3.03. The van der Waals surface area contributed by atoms with Crippen molar-refractivity contribution in [3.05, 3.63) is 12.2 Å². The largest absolute Gasteiger partial charge is 0.376 e. The molecule has 5 heteroatoms. The van der Waals surface area contributed by atoms with Gasteiger partial charge in [0.05, 0.1) is 29.6 Å². The molecule has 2 fully saturated rings. The van der Waals surface area contributed by atoms with E-state index in [-0.39, 0.29) is 41.5 Å². The number of fused-ring (bicyclic) bond motifs is 5. The van der Waals surface area contributed by atoms with Crippen molar-refractivity contribution in [3.8, 4) is 0 Å². The van der Waals surface area contributed by atoms with Crippen LogP contribution < -0.4 is 0 Å². The van der Waals surface area contributed by atoms with Crippen LogP contribution in [0.25, 0.3) is 0 Å². The van der Waals surface area contributed by atoms with Crippen molar-refractivity contribution in [1.82, 2.24) is 4.90 Å². The minimum absolute atomic E-state index is 0.0795. The molecule has 4 atom stereocenters. The van der Waals surface area contributed by atoms with Crippen molar-refractivity contribution in [2.75, 3.05) is 13.2 Å². The van der Waals surface area contributed by atoms with Gasteiger partial charge < -0.3 is 9.47 Å². The molecule has 2 bridgehead atoms. The van der Waals surface area contributed by atoms with Crippen LogP contribution in [0.5, 0.6) is 0 Å². The number of hydrogen-bond donors (Lipinski definition) is 0.